The number of benzene rings is 1. The van der Waals surface area contributed by atoms with Gasteiger partial charge in [-0.15, -0.1) is 11.8 Å². The number of hydrogen-bond donors (Lipinski definition) is 1. The van der Waals surface area contributed by atoms with Crippen LogP contribution in [0.15, 0.2) is 47.6 Å². The maximum absolute atomic E-state index is 10.3. The molecule has 1 aromatic carbocycles. The minimum atomic E-state index is -0.556. The van der Waals surface area contributed by atoms with Gasteiger partial charge >= 0.3 is 0 Å². The van der Waals surface area contributed by atoms with Crippen LogP contribution in [0.25, 0.3) is 0 Å². The van der Waals surface area contributed by atoms with E-state index in [1.54, 1.807) is 24.2 Å². The molecule has 0 saturated carbocycles. The van der Waals surface area contributed by atoms with Crippen LogP contribution in [0.3, 0.4) is 0 Å². The highest BCUT2D eigenvalue weighted by molar-refractivity contribution is 7.99. The third kappa shape index (κ3) is 5.06. The molecular formula is C17H21NO2S. The van der Waals surface area contributed by atoms with Gasteiger partial charge in [-0.05, 0) is 39.0 Å². The molecule has 0 aliphatic rings. The van der Waals surface area contributed by atoms with Gasteiger partial charge in [-0.25, -0.2) is 0 Å². The molecule has 112 valence electrons. The van der Waals surface area contributed by atoms with Crippen LogP contribution in [0.2, 0.25) is 0 Å². The van der Waals surface area contributed by atoms with Gasteiger partial charge in [0.15, 0.2) is 0 Å². The maximum Gasteiger partial charge on any atom is 0.138 e. The first kappa shape index (κ1) is 15.9. The fraction of sp³-hybridized carbons (Fsp3) is 0.353. The Morgan fingerprint density at radius 1 is 1.19 bits per heavy atom. The number of aromatic nitrogens is 1. The van der Waals surface area contributed by atoms with E-state index >= 15 is 0 Å². The zero-order valence-corrected chi connectivity index (χ0v) is 13.4. The zero-order valence-electron chi connectivity index (χ0n) is 12.6. The van der Waals surface area contributed by atoms with Crippen molar-refractivity contribution in [3.63, 3.8) is 0 Å². The van der Waals surface area contributed by atoms with Crippen molar-refractivity contribution in [3.8, 4) is 5.75 Å². The Hall–Kier alpha value is -1.52. The quantitative estimate of drug-likeness (QED) is 0.819. The van der Waals surface area contributed by atoms with E-state index in [1.807, 2.05) is 19.9 Å². The molecule has 2 aromatic rings. The van der Waals surface area contributed by atoms with Gasteiger partial charge in [-0.2, -0.15) is 0 Å². The highest BCUT2D eigenvalue weighted by atomic mass is 32.2. The van der Waals surface area contributed by atoms with E-state index in [0.717, 1.165) is 10.5 Å². The third-order valence-electron chi connectivity index (χ3n) is 2.92. The van der Waals surface area contributed by atoms with Crippen molar-refractivity contribution in [2.24, 2.45) is 0 Å². The van der Waals surface area contributed by atoms with Crippen LogP contribution in [-0.2, 0) is 0 Å². The molecule has 3 nitrogen and oxygen atoms in total. The Kier molecular flexibility index (Phi) is 5.65. The predicted molar refractivity (Wildman–Crippen MR) is 86.9 cm³/mol. The number of aryl methyl sites for hydroxylation is 1. The summed E-state index contributed by atoms with van der Waals surface area (Å²) in [7, 11) is 0. The molecule has 21 heavy (non-hydrogen) atoms. The Morgan fingerprint density at radius 3 is 2.57 bits per heavy atom. The minimum Gasteiger partial charge on any atom is -0.489 e. The average Bonchev–Trinajstić information content (AvgIpc) is 2.46. The first-order valence-corrected chi connectivity index (χ1v) is 8.02. The van der Waals surface area contributed by atoms with Crippen molar-refractivity contribution in [1.82, 2.24) is 4.98 Å². The highest BCUT2D eigenvalue weighted by Crippen LogP contribution is 2.26. The van der Waals surface area contributed by atoms with Crippen molar-refractivity contribution in [1.29, 1.82) is 0 Å². The van der Waals surface area contributed by atoms with E-state index in [1.165, 1.54) is 5.56 Å². The van der Waals surface area contributed by atoms with Crippen molar-refractivity contribution in [2.75, 3.05) is 5.75 Å². The predicted octanol–water partition coefficient (Wildman–Crippen LogP) is 4.00. The van der Waals surface area contributed by atoms with Crippen LogP contribution >= 0.6 is 11.8 Å². The number of nitrogens with zero attached hydrogens (tertiary/aromatic N) is 1. The van der Waals surface area contributed by atoms with E-state index < -0.39 is 6.10 Å². The zero-order chi connectivity index (χ0) is 15.2. The van der Waals surface area contributed by atoms with Crippen LogP contribution < -0.4 is 4.74 Å². The topological polar surface area (TPSA) is 42.4 Å². The number of aliphatic hydroxyl groups is 1. The molecule has 0 spiro atoms. The summed E-state index contributed by atoms with van der Waals surface area (Å²) in [5, 5.41) is 10.3. The highest BCUT2D eigenvalue weighted by Gasteiger charge is 2.10. The van der Waals surface area contributed by atoms with Crippen LogP contribution in [0, 0.1) is 6.92 Å². The first-order chi connectivity index (χ1) is 10.0. The Bertz CT molecular complexity index is 569. The van der Waals surface area contributed by atoms with E-state index in [2.05, 4.69) is 36.2 Å². The van der Waals surface area contributed by atoms with Crippen molar-refractivity contribution >= 4 is 11.8 Å². The number of aliphatic hydroxyl groups excluding tert-OH is 1. The molecule has 1 aromatic heterocycles. The smallest absolute Gasteiger partial charge is 0.138 e. The molecule has 0 radical (unpaired) electrons. The van der Waals surface area contributed by atoms with Crippen LogP contribution in [0.1, 0.15) is 31.1 Å². The summed E-state index contributed by atoms with van der Waals surface area (Å²) < 4.78 is 5.60. The third-order valence-corrected chi connectivity index (χ3v) is 4.01. The van der Waals surface area contributed by atoms with E-state index in [9.17, 15) is 5.11 Å². The van der Waals surface area contributed by atoms with E-state index in [4.69, 9.17) is 4.74 Å². The lowest BCUT2D eigenvalue weighted by Gasteiger charge is -2.13. The van der Waals surface area contributed by atoms with E-state index in [-0.39, 0.29) is 6.10 Å². The summed E-state index contributed by atoms with van der Waals surface area (Å²) in [4.78, 5) is 5.29. The van der Waals surface area contributed by atoms with Crippen molar-refractivity contribution < 1.29 is 9.84 Å². The molecule has 2 rings (SSSR count). The standard InChI is InChI=1S/C17H21NO2S/c1-12(2)20-15-8-14(9-18-10-15)17(19)11-21-16-6-4-13(3)5-7-16/h4-10,12,17,19H,11H2,1-3H3. The molecule has 1 N–H and O–H groups in total. The lowest BCUT2D eigenvalue weighted by molar-refractivity contribution is 0.201. The molecule has 0 fully saturated rings. The fourth-order valence-corrected chi connectivity index (χ4v) is 2.73. The van der Waals surface area contributed by atoms with Gasteiger partial charge in [0, 0.05) is 22.4 Å². The van der Waals surface area contributed by atoms with Gasteiger partial charge < -0.3 is 9.84 Å². The summed E-state index contributed by atoms with van der Waals surface area (Å²) >= 11 is 1.63. The Balaban J connectivity index is 1.96. The van der Waals surface area contributed by atoms with Gasteiger partial charge in [0.25, 0.3) is 0 Å². The lowest BCUT2D eigenvalue weighted by atomic mass is 10.2. The molecule has 0 aliphatic heterocycles. The van der Waals surface area contributed by atoms with Gasteiger partial charge in [0.1, 0.15) is 5.75 Å². The minimum absolute atomic E-state index is 0.0983. The largest absolute Gasteiger partial charge is 0.489 e. The SMILES string of the molecule is Cc1ccc(SCC(O)c2cncc(OC(C)C)c2)cc1. The normalized spacial score (nSPS) is 12.4. The van der Waals surface area contributed by atoms with Crippen LogP contribution in [0.4, 0.5) is 0 Å². The number of thioether (sulfide) groups is 1. The maximum atomic E-state index is 10.3. The molecule has 1 unspecified atom stereocenters. The molecular weight excluding hydrogens is 282 g/mol. The summed E-state index contributed by atoms with van der Waals surface area (Å²) in [6.45, 7) is 6.00. The second kappa shape index (κ2) is 7.48. The second-order valence-electron chi connectivity index (χ2n) is 5.26. The molecule has 0 bridgehead atoms. The monoisotopic (exact) mass is 303 g/mol. The average molecular weight is 303 g/mol. The second-order valence-corrected chi connectivity index (χ2v) is 6.35. The first-order valence-electron chi connectivity index (χ1n) is 7.03. The Morgan fingerprint density at radius 2 is 1.90 bits per heavy atom. The number of pyridine rings is 1. The molecule has 4 heteroatoms. The lowest BCUT2D eigenvalue weighted by Crippen LogP contribution is -2.07. The fourth-order valence-electron chi connectivity index (χ4n) is 1.86. The molecule has 1 heterocycles. The van der Waals surface area contributed by atoms with Crippen molar-refractivity contribution in [3.05, 3.63) is 53.9 Å². The van der Waals surface area contributed by atoms with Gasteiger partial charge in [0.05, 0.1) is 18.4 Å². The molecule has 0 aliphatic carbocycles. The van der Waals surface area contributed by atoms with E-state index in [0.29, 0.717) is 11.5 Å². The summed E-state index contributed by atoms with van der Waals surface area (Å²) in [6.07, 6.45) is 2.90. The summed E-state index contributed by atoms with van der Waals surface area (Å²) in [6, 6.07) is 10.2. The van der Waals surface area contributed by atoms with Crippen LogP contribution in [0.5, 0.6) is 5.75 Å². The van der Waals surface area contributed by atoms with Gasteiger partial charge in [0.2, 0.25) is 0 Å². The number of rotatable bonds is 6. The van der Waals surface area contributed by atoms with Gasteiger partial charge in [-0.3, -0.25) is 4.98 Å². The summed E-state index contributed by atoms with van der Waals surface area (Å²) in [5.74, 6) is 1.29. The van der Waals surface area contributed by atoms with Crippen LogP contribution in [-0.4, -0.2) is 21.9 Å². The molecule has 0 saturated heterocycles. The number of ether oxygens (including phenoxy) is 1. The number of hydrogen-bond acceptors (Lipinski definition) is 4. The van der Waals surface area contributed by atoms with Crippen molar-refractivity contribution in [2.45, 2.75) is 37.9 Å². The molecule has 1 atom stereocenters. The Labute approximate surface area is 130 Å². The summed E-state index contributed by atoms with van der Waals surface area (Å²) in [5.41, 5.74) is 2.02. The van der Waals surface area contributed by atoms with Gasteiger partial charge in [-0.1, -0.05) is 17.7 Å². The molecule has 0 amide bonds.